The van der Waals surface area contributed by atoms with E-state index in [0.29, 0.717) is 0 Å². The SMILES string of the molecule is CS(=O)(=O)C[C@H]1O[C@@H](n2cnc3c(N)nc(Cl)nc32)[C@@H](F)[C@@H]1O. The van der Waals surface area contributed by atoms with Gasteiger partial charge in [0.15, 0.2) is 23.9 Å². The first-order valence-corrected chi connectivity index (χ1v) is 8.92. The van der Waals surface area contributed by atoms with Crippen molar-refractivity contribution in [3.8, 4) is 0 Å². The average Bonchev–Trinajstić information content (AvgIpc) is 2.94. The molecule has 0 unspecified atom stereocenters. The topological polar surface area (TPSA) is 133 Å². The number of rotatable bonds is 3. The molecule has 9 nitrogen and oxygen atoms in total. The molecule has 0 radical (unpaired) electrons. The molecule has 2 aromatic heterocycles. The predicted octanol–water partition coefficient (Wildman–Crippen LogP) is -0.297. The average molecular weight is 366 g/mol. The van der Waals surface area contributed by atoms with E-state index in [4.69, 9.17) is 22.1 Å². The first kappa shape index (κ1) is 16.3. The molecule has 0 bridgehead atoms. The second-order valence-electron chi connectivity index (χ2n) is 5.29. The molecule has 1 saturated heterocycles. The maximum atomic E-state index is 14.4. The van der Waals surface area contributed by atoms with Crippen molar-refractivity contribution in [3.63, 3.8) is 0 Å². The molecule has 126 valence electrons. The van der Waals surface area contributed by atoms with Crippen LogP contribution in [0.4, 0.5) is 10.2 Å². The van der Waals surface area contributed by atoms with E-state index in [-0.39, 0.29) is 22.3 Å². The van der Waals surface area contributed by atoms with Gasteiger partial charge in [-0.05, 0) is 11.6 Å². The van der Waals surface area contributed by atoms with Crippen LogP contribution in [0.25, 0.3) is 11.2 Å². The van der Waals surface area contributed by atoms with Gasteiger partial charge >= 0.3 is 0 Å². The Hall–Kier alpha value is -1.56. The molecule has 3 N–H and O–H groups in total. The summed E-state index contributed by atoms with van der Waals surface area (Å²) in [7, 11) is -3.46. The van der Waals surface area contributed by atoms with Crippen molar-refractivity contribution in [1.29, 1.82) is 0 Å². The number of alkyl halides is 1. The molecule has 1 fully saturated rings. The first-order valence-electron chi connectivity index (χ1n) is 6.48. The Morgan fingerprint density at radius 3 is 2.87 bits per heavy atom. The van der Waals surface area contributed by atoms with Crippen LogP contribution in [0.1, 0.15) is 6.23 Å². The van der Waals surface area contributed by atoms with Crippen molar-refractivity contribution in [2.75, 3.05) is 17.7 Å². The van der Waals surface area contributed by atoms with E-state index < -0.39 is 40.2 Å². The third-order valence-electron chi connectivity index (χ3n) is 3.46. The highest BCUT2D eigenvalue weighted by Gasteiger charge is 2.46. The second-order valence-corrected chi connectivity index (χ2v) is 7.82. The lowest BCUT2D eigenvalue weighted by molar-refractivity contribution is -0.0122. The number of nitrogen functional groups attached to an aromatic ring is 1. The number of fused-ring (bicyclic) bond motifs is 1. The highest BCUT2D eigenvalue weighted by Crippen LogP contribution is 2.34. The number of halogens is 2. The number of aliphatic hydroxyl groups is 1. The van der Waals surface area contributed by atoms with Crippen LogP contribution >= 0.6 is 11.6 Å². The van der Waals surface area contributed by atoms with Crippen LogP contribution < -0.4 is 5.73 Å². The summed E-state index contributed by atoms with van der Waals surface area (Å²) in [6, 6.07) is 0. The zero-order valence-corrected chi connectivity index (χ0v) is 13.4. The van der Waals surface area contributed by atoms with Crippen LogP contribution in [0.15, 0.2) is 6.33 Å². The molecule has 12 heteroatoms. The van der Waals surface area contributed by atoms with Gasteiger partial charge in [0.2, 0.25) is 5.28 Å². The third-order valence-corrected chi connectivity index (χ3v) is 4.56. The van der Waals surface area contributed by atoms with E-state index in [1.807, 2.05) is 0 Å². The van der Waals surface area contributed by atoms with Gasteiger partial charge in [-0.25, -0.2) is 17.8 Å². The Labute approximate surface area is 135 Å². The number of hydrogen-bond acceptors (Lipinski definition) is 8. The Morgan fingerprint density at radius 2 is 2.22 bits per heavy atom. The molecule has 1 aliphatic rings. The predicted molar refractivity (Wildman–Crippen MR) is 79.3 cm³/mol. The van der Waals surface area contributed by atoms with Gasteiger partial charge in [-0.3, -0.25) is 4.57 Å². The molecule has 3 heterocycles. The van der Waals surface area contributed by atoms with Gasteiger partial charge in [0.25, 0.3) is 0 Å². The highest BCUT2D eigenvalue weighted by atomic mass is 35.5. The van der Waals surface area contributed by atoms with Crippen LogP contribution in [0.2, 0.25) is 5.28 Å². The molecule has 1 aliphatic heterocycles. The Balaban J connectivity index is 1.99. The highest BCUT2D eigenvalue weighted by molar-refractivity contribution is 7.90. The number of ether oxygens (including phenoxy) is 1. The summed E-state index contributed by atoms with van der Waals surface area (Å²) in [5.74, 6) is -0.490. The Morgan fingerprint density at radius 1 is 1.52 bits per heavy atom. The van der Waals surface area contributed by atoms with Crippen molar-refractivity contribution >= 4 is 38.4 Å². The smallest absolute Gasteiger partial charge is 0.226 e. The normalized spacial score (nSPS) is 28.5. The van der Waals surface area contributed by atoms with E-state index in [2.05, 4.69) is 15.0 Å². The number of nitrogens with two attached hydrogens (primary N) is 1. The number of imidazole rings is 1. The van der Waals surface area contributed by atoms with Gasteiger partial charge in [-0.1, -0.05) is 0 Å². The van der Waals surface area contributed by atoms with Crippen LogP contribution in [0.3, 0.4) is 0 Å². The molecule has 0 amide bonds. The fourth-order valence-electron chi connectivity index (χ4n) is 2.46. The van der Waals surface area contributed by atoms with Crippen LogP contribution in [0.5, 0.6) is 0 Å². The van der Waals surface area contributed by atoms with E-state index in [9.17, 15) is 17.9 Å². The lowest BCUT2D eigenvalue weighted by Crippen LogP contribution is -2.33. The maximum Gasteiger partial charge on any atom is 0.226 e. The van der Waals surface area contributed by atoms with E-state index in [0.717, 1.165) is 6.26 Å². The monoisotopic (exact) mass is 365 g/mol. The summed E-state index contributed by atoms with van der Waals surface area (Å²) < 4.78 is 43.6. The molecule has 0 saturated carbocycles. The maximum absolute atomic E-state index is 14.4. The summed E-state index contributed by atoms with van der Waals surface area (Å²) in [4.78, 5) is 11.6. The summed E-state index contributed by atoms with van der Waals surface area (Å²) in [6.07, 6.45) is -3.76. The van der Waals surface area contributed by atoms with Gasteiger partial charge in [-0.2, -0.15) is 9.97 Å². The number of anilines is 1. The molecule has 4 atom stereocenters. The molecular formula is C11H13ClFN5O4S. The Bertz CT molecular complexity index is 859. The standard InChI is InChI=1S/C11H13ClFN5O4S/c1-23(20,21)2-4-7(19)5(13)10(22-4)18-3-15-6-8(14)16-11(12)17-9(6)18/h3-5,7,10,19H,2H2,1H3,(H2,14,16,17)/t4-,5+,7-,10-/m1/s1. The minimum atomic E-state index is -3.46. The molecule has 2 aromatic rings. The minimum Gasteiger partial charge on any atom is -0.387 e. The summed E-state index contributed by atoms with van der Waals surface area (Å²) in [5, 5.41) is 9.74. The van der Waals surface area contributed by atoms with Gasteiger partial charge in [0.1, 0.15) is 27.6 Å². The molecule has 0 spiro atoms. The third kappa shape index (κ3) is 2.96. The molecule has 23 heavy (non-hydrogen) atoms. The van der Waals surface area contributed by atoms with Gasteiger partial charge in [-0.15, -0.1) is 0 Å². The number of aromatic nitrogens is 4. The minimum absolute atomic E-state index is 0.0142. The zero-order valence-electron chi connectivity index (χ0n) is 11.8. The van der Waals surface area contributed by atoms with Gasteiger partial charge in [0.05, 0.1) is 12.1 Å². The number of nitrogens with zero attached hydrogens (tertiary/aromatic N) is 4. The number of hydrogen-bond donors (Lipinski definition) is 2. The van der Waals surface area contributed by atoms with Crippen molar-refractivity contribution in [3.05, 3.63) is 11.6 Å². The lowest BCUT2D eigenvalue weighted by atomic mass is 10.2. The molecule has 3 rings (SSSR count). The zero-order chi connectivity index (χ0) is 16.9. The van der Waals surface area contributed by atoms with Crippen LogP contribution in [0, 0.1) is 0 Å². The van der Waals surface area contributed by atoms with E-state index in [1.165, 1.54) is 10.9 Å². The second kappa shape index (κ2) is 5.51. The van der Waals surface area contributed by atoms with Crippen molar-refractivity contribution in [1.82, 2.24) is 19.5 Å². The quantitative estimate of drug-likeness (QED) is 0.708. The van der Waals surface area contributed by atoms with Crippen molar-refractivity contribution in [2.24, 2.45) is 0 Å². The summed E-state index contributed by atoms with van der Waals surface area (Å²) >= 11 is 5.73. The van der Waals surface area contributed by atoms with Gasteiger partial charge < -0.3 is 15.6 Å². The van der Waals surface area contributed by atoms with Crippen LogP contribution in [-0.2, 0) is 14.6 Å². The van der Waals surface area contributed by atoms with Crippen LogP contribution in [-0.4, -0.2) is 63.4 Å². The largest absolute Gasteiger partial charge is 0.387 e. The Kier molecular flexibility index (Phi) is 3.91. The fraction of sp³-hybridized carbons (Fsp3) is 0.545. The number of sulfone groups is 1. The fourth-order valence-corrected chi connectivity index (χ4v) is 3.50. The molecule has 0 aliphatic carbocycles. The summed E-state index contributed by atoms with van der Waals surface area (Å²) in [5.41, 5.74) is 5.99. The van der Waals surface area contributed by atoms with E-state index in [1.54, 1.807) is 0 Å². The van der Waals surface area contributed by atoms with E-state index >= 15 is 0 Å². The summed E-state index contributed by atoms with van der Waals surface area (Å²) in [6.45, 7) is 0. The molecule has 0 aromatic carbocycles. The first-order chi connectivity index (χ1) is 10.7. The lowest BCUT2D eigenvalue weighted by Gasteiger charge is -2.15. The van der Waals surface area contributed by atoms with Crippen molar-refractivity contribution in [2.45, 2.75) is 24.6 Å². The van der Waals surface area contributed by atoms with Gasteiger partial charge in [0, 0.05) is 6.26 Å². The van der Waals surface area contributed by atoms with Crippen molar-refractivity contribution < 1.29 is 22.7 Å². The molecular weight excluding hydrogens is 353 g/mol. The number of aliphatic hydroxyl groups excluding tert-OH is 1.